The number of nitrogens with zero attached hydrogens (tertiary/aromatic N) is 2. The summed E-state index contributed by atoms with van der Waals surface area (Å²) in [5, 5.41) is 1.81. The molecule has 5 heteroatoms. The molecule has 1 heterocycles. The van der Waals surface area contributed by atoms with Crippen molar-refractivity contribution in [1.29, 1.82) is 0 Å². The molecule has 0 unspecified atom stereocenters. The zero-order valence-electron chi connectivity index (χ0n) is 18.9. The van der Waals surface area contributed by atoms with Crippen LogP contribution in [0.4, 0.5) is 0 Å². The first-order chi connectivity index (χ1) is 14.5. The molecule has 0 atom stereocenters. The smallest absolute Gasteiger partial charge is 0.330 e. The van der Waals surface area contributed by atoms with E-state index in [1.54, 1.807) is 10.6 Å². The van der Waals surface area contributed by atoms with E-state index >= 15 is 0 Å². The average Bonchev–Trinajstić information content (AvgIpc) is 3.08. The van der Waals surface area contributed by atoms with Crippen molar-refractivity contribution in [2.24, 2.45) is 7.05 Å². The highest BCUT2D eigenvalue weighted by atomic mass is 16.7. The summed E-state index contributed by atoms with van der Waals surface area (Å²) in [6.45, 7) is 7.87. The van der Waals surface area contributed by atoms with Crippen molar-refractivity contribution in [3.8, 4) is 0 Å². The van der Waals surface area contributed by atoms with Crippen LogP contribution in [-0.4, -0.2) is 34.5 Å². The molecule has 5 nitrogen and oxygen atoms in total. The van der Waals surface area contributed by atoms with E-state index in [4.69, 9.17) is 4.84 Å². The second kappa shape index (κ2) is 12.3. The molecule has 2 aromatic rings. The molecule has 1 aromatic heterocycles. The van der Waals surface area contributed by atoms with Crippen LogP contribution in [0.25, 0.3) is 0 Å². The number of ketones is 1. The van der Waals surface area contributed by atoms with Crippen molar-refractivity contribution < 1.29 is 14.4 Å². The van der Waals surface area contributed by atoms with Gasteiger partial charge in [-0.05, 0) is 31.9 Å². The lowest BCUT2D eigenvalue weighted by Gasteiger charge is -2.21. The van der Waals surface area contributed by atoms with E-state index in [0.717, 1.165) is 62.9 Å². The number of hydroxylamine groups is 2. The van der Waals surface area contributed by atoms with Crippen molar-refractivity contribution in [2.75, 3.05) is 13.1 Å². The van der Waals surface area contributed by atoms with Crippen molar-refractivity contribution in [2.45, 2.75) is 65.7 Å². The van der Waals surface area contributed by atoms with E-state index < -0.39 is 0 Å². The first-order valence-electron chi connectivity index (χ1n) is 11.2. The molecule has 0 N–H and O–H groups in total. The van der Waals surface area contributed by atoms with Crippen molar-refractivity contribution in [1.82, 2.24) is 9.63 Å². The van der Waals surface area contributed by atoms with Crippen LogP contribution >= 0.6 is 0 Å². The molecule has 0 aliphatic carbocycles. The van der Waals surface area contributed by atoms with Gasteiger partial charge in [0, 0.05) is 31.4 Å². The monoisotopic (exact) mass is 412 g/mol. The van der Waals surface area contributed by atoms with Gasteiger partial charge >= 0.3 is 5.97 Å². The molecule has 0 spiro atoms. The van der Waals surface area contributed by atoms with Crippen LogP contribution in [-0.2, 0) is 23.1 Å². The number of benzene rings is 1. The number of unbranched alkanes of at least 4 members (excludes halogenated alkanes) is 4. The summed E-state index contributed by atoms with van der Waals surface area (Å²) < 4.78 is 1.79. The van der Waals surface area contributed by atoms with Crippen LogP contribution in [0, 0.1) is 6.92 Å². The number of hydrogen-bond acceptors (Lipinski definition) is 4. The first-order valence-corrected chi connectivity index (χ1v) is 11.2. The molecule has 0 radical (unpaired) electrons. The van der Waals surface area contributed by atoms with Crippen LogP contribution in [0.5, 0.6) is 0 Å². The van der Waals surface area contributed by atoms with Crippen molar-refractivity contribution in [3.05, 3.63) is 58.9 Å². The van der Waals surface area contributed by atoms with Crippen LogP contribution in [0.1, 0.15) is 79.7 Å². The normalized spacial score (nSPS) is 11.1. The molecular weight excluding hydrogens is 376 g/mol. The van der Waals surface area contributed by atoms with Crippen LogP contribution in [0.3, 0.4) is 0 Å². The molecule has 0 aliphatic rings. The summed E-state index contributed by atoms with van der Waals surface area (Å²) in [5.74, 6) is -0.323. The quantitative estimate of drug-likeness (QED) is 0.256. The van der Waals surface area contributed by atoms with Gasteiger partial charge in [0.25, 0.3) is 0 Å². The van der Waals surface area contributed by atoms with Gasteiger partial charge in [-0.15, -0.1) is 5.06 Å². The maximum atomic E-state index is 12.8. The Hall–Kier alpha value is -2.40. The molecule has 0 fully saturated rings. The average molecular weight is 413 g/mol. The van der Waals surface area contributed by atoms with Gasteiger partial charge in [0.15, 0.2) is 0 Å². The van der Waals surface area contributed by atoms with Crippen LogP contribution in [0.2, 0.25) is 0 Å². The lowest BCUT2D eigenvalue weighted by atomic mass is 10.1. The number of aryl methyl sites for hydroxylation is 1. The van der Waals surface area contributed by atoms with Gasteiger partial charge in [-0.25, -0.2) is 4.79 Å². The number of rotatable bonds is 13. The largest absolute Gasteiger partial charge is 0.368 e. The predicted octanol–water partition coefficient (Wildman–Crippen LogP) is 5.25. The minimum atomic E-state index is -0.279. The van der Waals surface area contributed by atoms with E-state index in [1.165, 1.54) is 0 Å². The van der Waals surface area contributed by atoms with E-state index in [2.05, 4.69) is 13.8 Å². The zero-order chi connectivity index (χ0) is 21.9. The lowest BCUT2D eigenvalue weighted by molar-refractivity contribution is -0.190. The molecular formula is C25H36N2O3. The highest BCUT2D eigenvalue weighted by Gasteiger charge is 2.18. The molecule has 30 heavy (non-hydrogen) atoms. The summed E-state index contributed by atoms with van der Waals surface area (Å²) in [6, 6.07) is 11.2. The van der Waals surface area contributed by atoms with E-state index in [-0.39, 0.29) is 18.2 Å². The van der Waals surface area contributed by atoms with Crippen molar-refractivity contribution in [3.63, 3.8) is 0 Å². The van der Waals surface area contributed by atoms with E-state index in [0.29, 0.717) is 11.3 Å². The van der Waals surface area contributed by atoms with Crippen LogP contribution in [0.15, 0.2) is 36.4 Å². The van der Waals surface area contributed by atoms with Gasteiger partial charge < -0.3 is 9.40 Å². The number of aromatic nitrogens is 1. The molecule has 0 saturated heterocycles. The maximum absolute atomic E-state index is 12.8. The Morgan fingerprint density at radius 2 is 1.50 bits per heavy atom. The molecule has 2 rings (SSSR count). The fourth-order valence-electron chi connectivity index (χ4n) is 3.42. The van der Waals surface area contributed by atoms with E-state index in [9.17, 15) is 9.59 Å². The minimum Gasteiger partial charge on any atom is -0.368 e. The summed E-state index contributed by atoms with van der Waals surface area (Å²) in [4.78, 5) is 31.0. The number of hydrogen-bond donors (Lipinski definition) is 0. The van der Waals surface area contributed by atoms with Gasteiger partial charge in [0.1, 0.15) is 0 Å². The minimum absolute atomic E-state index is 0.0436. The Morgan fingerprint density at radius 1 is 0.900 bits per heavy atom. The fraction of sp³-hybridized carbons (Fsp3) is 0.520. The predicted molar refractivity (Wildman–Crippen MR) is 120 cm³/mol. The third-order valence-electron chi connectivity index (χ3n) is 5.35. The highest BCUT2D eigenvalue weighted by molar-refractivity contribution is 6.08. The second-order valence-corrected chi connectivity index (χ2v) is 7.95. The zero-order valence-corrected chi connectivity index (χ0v) is 18.9. The van der Waals surface area contributed by atoms with Crippen molar-refractivity contribution >= 4 is 11.8 Å². The molecule has 1 aromatic carbocycles. The molecule has 0 saturated carbocycles. The summed E-state index contributed by atoms with van der Waals surface area (Å²) in [6.07, 6.45) is 6.73. The second-order valence-electron chi connectivity index (χ2n) is 7.95. The highest BCUT2D eigenvalue weighted by Crippen LogP contribution is 2.15. The maximum Gasteiger partial charge on any atom is 0.330 e. The van der Waals surface area contributed by atoms with Gasteiger partial charge in [-0.1, -0.05) is 69.4 Å². The molecule has 0 amide bonds. The van der Waals surface area contributed by atoms with Gasteiger partial charge in [0.2, 0.25) is 5.78 Å². The Kier molecular flexibility index (Phi) is 9.81. The molecule has 0 bridgehead atoms. The van der Waals surface area contributed by atoms with E-state index in [1.807, 2.05) is 49.4 Å². The Morgan fingerprint density at radius 3 is 2.07 bits per heavy atom. The SMILES string of the molecule is CCCCCN(CCCCC)OC(=O)Cc1ccc(C(=O)c2ccc(C)cc2)n1C. The topological polar surface area (TPSA) is 51.5 Å². The van der Waals surface area contributed by atoms with Crippen LogP contribution < -0.4 is 0 Å². The summed E-state index contributed by atoms with van der Waals surface area (Å²) in [7, 11) is 1.82. The molecule has 0 aliphatic heterocycles. The summed E-state index contributed by atoms with van der Waals surface area (Å²) >= 11 is 0. The number of carbonyl (C=O) groups is 2. The van der Waals surface area contributed by atoms with Gasteiger partial charge in [-0.2, -0.15) is 0 Å². The van der Waals surface area contributed by atoms with Gasteiger partial charge in [-0.3, -0.25) is 4.79 Å². The Labute approximate surface area is 181 Å². The van der Waals surface area contributed by atoms with Gasteiger partial charge in [0.05, 0.1) is 12.1 Å². The summed E-state index contributed by atoms with van der Waals surface area (Å²) in [5.41, 5.74) is 3.11. The Balaban J connectivity index is 1.99. The standard InChI is InChI=1S/C25H36N2O3/c1-5-7-9-17-27(18-10-8-6-2)30-24(28)19-22-15-16-23(26(22)4)25(29)21-13-11-20(3)12-14-21/h11-16H,5-10,17-19H2,1-4H3. The number of carbonyl (C=O) groups excluding carboxylic acids is 2. The lowest BCUT2D eigenvalue weighted by Crippen LogP contribution is -2.30. The first kappa shape index (κ1) is 23.9. The fourth-order valence-corrected chi connectivity index (χ4v) is 3.42. The third-order valence-corrected chi connectivity index (χ3v) is 5.35. The third kappa shape index (κ3) is 7.13. The Bertz CT molecular complexity index is 798. The molecule has 164 valence electrons.